The maximum atomic E-state index is 13.1. The minimum Gasteiger partial charge on any atom is -0.469 e. The summed E-state index contributed by atoms with van der Waals surface area (Å²) in [7, 11) is 1.51. The van der Waals surface area contributed by atoms with Crippen LogP contribution in [0, 0.1) is 11.8 Å². The smallest absolute Gasteiger partial charge is 0.308 e. The Labute approximate surface area is 220 Å². The van der Waals surface area contributed by atoms with Gasteiger partial charge in [0.25, 0.3) is 0 Å². The lowest BCUT2D eigenvalue weighted by atomic mass is 9.50. The van der Waals surface area contributed by atoms with E-state index < -0.39 is 5.41 Å². The van der Waals surface area contributed by atoms with Gasteiger partial charge in [0.1, 0.15) is 0 Å². The van der Waals surface area contributed by atoms with Gasteiger partial charge in [0.15, 0.2) is 0 Å². The van der Waals surface area contributed by atoms with E-state index in [1.165, 1.54) is 51.6 Å². The van der Waals surface area contributed by atoms with Crippen LogP contribution in [0.25, 0.3) is 22.3 Å². The summed E-state index contributed by atoms with van der Waals surface area (Å²) in [6.07, 6.45) is 1.64. The minimum atomic E-state index is -0.444. The summed E-state index contributed by atoms with van der Waals surface area (Å²) in [5, 5.41) is 0. The molecule has 0 heterocycles. The third kappa shape index (κ3) is 3.14. The highest BCUT2D eigenvalue weighted by Crippen LogP contribution is 2.68. The van der Waals surface area contributed by atoms with Crippen molar-refractivity contribution < 1.29 is 9.53 Å². The molecule has 4 aromatic carbocycles. The predicted octanol–water partition coefficient (Wildman–Crippen LogP) is 8.17. The topological polar surface area (TPSA) is 26.3 Å². The third-order valence-corrected chi connectivity index (χ3v) is 8.79. The van der Waals surface area contributed by atoms with Gasteiger partial charge in [-0.15, -0.1) is 0 Å². The number of hydrogen-bond donors (Lipinski definition) is 0. The van der Waals surface area contributed by atoms with Crippen molar-refractivity contribution in [3.63, 3.8) is 0 Å². The Morgan fingerprint density at radius 3 is 1.24 bits per heavy atom. The SMILES string of the molecule is COC(=O)C(C)CC1(C2(CC(C)C)c3ccccc3-c3ccccc32)c2ccccc2-c2ccccc21. The average Bonchev–Trinajstić information content (AvgIpc) is 3.37. The molecule has 0 saturated carbocycles. The van der Waals surface area contributed by atoms with Gasteiger partial charge >= 0.3 is 5.97 Å². The van der Waals surface area contributed by atoms with Crippen LogP contribution >= 0.6 is 0 Å². The van der Waals surface area contributed by atoms with Crippen LogP contribution in [0.1, 0.15) is 55.9 Å². The molecule has 37 heavy (non-hydrogen) atoms. The third-order valence-electron chi connectivity index (χ3n) is 8.79. The maximum Gasteiger partial charge on any atom is 0.308 e. The lowest BCUT2D eigenvalue weighted by Gasteiger charge is -2.51. The molecule has 1 unspecified atom stereocenters. The second-order valence-electron chi connectivity index (χ2n) is 11.2. The van der Waals surface area contributed by atoms with Crippen LogP contribution in [0.3, 0.4) is 0 Å². The Morgan fingerprint density at radius 2 is 0.919 bits per heavy atom. The van der Waals surface area contributed by atoms with E-state index in [2.05, 4.69) is 111 Å². The van der Waals surface area contributed by atoms with E-state index in [0.29, 0.717) is 12.3 Å². The Kier molecular flexibility index (Phi) is 5.60. The highest BCUT2D eigenvalue weighted by molar-refractivity contribution is 5.89. The number of esters is 1. The molecule has 2 aliphatic carbocycles. The van der Waals surface area contributed by atoms with Gasteiger partial charge < -0.3 is 4.74 Å². The molecule has 0 saturated heterocycles. The first kappa shape index (κ1) is 23.7. The standard InChI is InChI=1S/C35H34O2/c1-23(2)21-34(29-17-9-5-13-25(29)26-14-6-10-18-30(26)34)35(22-24(3)33(36)37-4)31-19-11-7-15-27(31)28-16-8-12-20-32(28)35/h5-20,23-24H,21-22H2,1-4H3. The first-order valence-corrected chi connectivity index (χ1v) is 13.4. The van der Waals surface area contributed by atoms with Gasteiger partial charge in [0.2, 0.25) is 0 Å². The van der Waals surface area contributed by atoms with E-state index in [9.17, 15) is 4.79 Å². The van der Waals surface area contributed by atoms with Crippen molar-refractivity contribution >= 4 is 5.97 Å². The largest absolute Gasteiger partial charge is 0.469 e. The number of rotatable bonds is 6. The van der Waals surface area contributed by atoms with Crippen LogP contribution in [0.2, 0.25) is 0 Å². The molecule has 0 fully saturated rings. The van der Waals surface area contributed by atoms with Crippen molar-refractivity contribution in [2.75, 3.05) is 7.11 Å². The number of carbonyl (C=O) groups excluding carboxylic acids is 1. The zero-order chi connectivity index (χ0) is 25.8. The summed E-state index contributed by atoms with van der Waals surface area (Å²) in [5.74, 6) is 0.0121. The van der Waals surface area contributed by atoms with Crippen LogP contribution in [-0.4, -0.2) is 13.1 Å². The number of benzene rings is 4. The van der Waals surface area contributed by atoms with E-state index in [1.807, 2.05) is 6.92 Å². The first-order chi connectivity index (χ1) is 18.0. The summed E-state index contributed by atoms with van der Waals surface area (Å²) in [6, 6.07) is 35.7. The van der Waals surface area contributed by atoms with Gasteiger partial charge in [-0.05, 0) is 63.3 Å². The molecule has 2 aliphatic rings. The molecule has 0 bridgehead atoms. The van der Waals surface area contributed by atoms with Gasteiger partial charge in [-0.2, -0.15) is 0 Å². The fraction of sp³-hybridized carbons (Fsp3) is 0.286. The van der Waals surface area contributed by atoms with Gasteiger partial charge in [-0.1, -0.05) is 118 Å². The van der Waals surface area contributed by atoms with Gasteiger partial charge in [-0.3, -0.25) is 4.79 Å². The number of hydrogen-bond acceptors (Lipinski definition) is 2. The fourth-order valence-electron chi connectivity index (χ4n) is 7.71. The molecule has 186 valence electrons. The molecule has 0 radical (unpaired) electrons. The molecule has 0 N–H and O–H groups in total. The molecule has 4 aromatic rings. The minimum absolute atomic E-state index is 0.152. The lowest BCUT2D eigenvalue weighted by molar-refractivity contribution is -0.145. The van der Waals surface area contributed by atoms with Crippen LogP contribution < -0.4 is 0 Å². The number of ether oxygens (including phenoxy) is 1. The molecule has 0 aliphatic heterocycles. The molecule has 6 rings (SSSR count). The molecular weight excluding hydrogens is 452 g/mol. The Bertz CT molecular complexity index is 1400. The number of fused-ring (bicyclic) bond motifs is 6. The highest BCUT2D eigenvalue weighted by Gasteiger charge is 2.62. The Morgan fingerprint density at radius 1 is 0.595 bits per heavy atom. The fourth-order valence-corrected chi connectivity index (χ4v) is 7.71. The lowest BCUT2D eigenvalue weighted by Crippen LogP contribution is -2.51. The monoisotopic (exact) mass is 486 g/mol. The molecule has 0 spiro atoms. The van der Waals surface area contributed by atoms with E-state index in [4.69, 9.17) is 4.74 Å². The summed E-state index contributed by atoms with van der Waals surface area (Å²) >= 11 is 0. The maximum absolute atomic E-state index is 13.1. The van der Waals surface area contributed by atoms with Gasteiger partial charge in [-0.25, -0.2) is 0 Å². The van der Waals surface area contributed by atoms with Crippen LogP contribution in [0.5, 0.6) is 0 Å². The van der Waals surface area contributed by atoms with Crippen LogP contribution in [0.15, 0.2) is 97.1 Å². The zero-order valence-electron chi connectivity index (χ0n) is 22.1. The number of methoxy groups -OCH3 is 1. The van der Waals surface area contributed by atoms with E-state index in [1.54, 1.807) is 0 Å². The van der Waals surface area contributed by atoms with Crippen molar-refractivity contribution in [3.8, 4) is 22.3 Å². The summed E-state index contributed by atoms with van der Waals surface area (Å²) < 4.78 is 5.32. The van der Waals surface area contributed by atoms with E-state index >= 15 is 0 Å². The van der Waals surface area contributed by atoms with Crippen molar-refractivity contribution in [1.29, 1.82) is 0 Å². The second kappa shape index (κ2) is 8.73. The molecule has 2 nitrogen and oxygen atoms in total. The van der Waals surface area contributed by atoms with Crippen molar-refractivity contribution in [3.05, 3.63) is 119 Å². The Balaban J connectivity index is 1.81. The van der Waals surface area contributed by atoms with E-state index in [0.717, 1.165) is 6.42 Å². The average molecular weight is 487 g/mol. The quantitative estimate of drug-likeness (QED) is 0.257. The van der Waals surface area contributed by atoms with Gasteiger partial charge in [0.05, 0.1) is 13.0 Å². The van der Waals surface area contributed by atoms with Crippen LogP contribution in [0.4, 0.5) is 0 Å². The predicted molar refractivity (Wildman–Crippen MR) is 151 cm³/mol. The van der Waals surface area contributed by atoms with Crippen molar-refractivity contribution in [2.24, 2.45) is 11.8 Å². The summed E-state index contributed by atoms with van der Waals surface area (Å²) in [4.78, 5) is 13.1. The summed E-state index contributed by atoms with van der Waals surface area (Å²) in [5.41, 5.74) is 9.76. The molecular formula is C35H34O2. The van der Waals surface area contributed by atoms with Crippen molar-refractivity contribution in [1.82, 2.24) is 0 Å². The molecule has 2 heteroatoms. The van der Waals surface area contributed by atoms with Gasteiger partial charge in [0, 0.05) is 10.8 Å². The molecule has 0 amide bonds. The highest BCUT2D eigenvalue weighted by atomic mass is 16.5. The normalized spacial score (nSPS) is 16.5. The molecule has 1 atom stereocenters. The first-order valence-electron chi connectivity index (χ1n) is 13.4. The van der Waals surface area contributed by atoms with Crippen molar-refractivity contribution in [2.45, 2.75) is 44.4 Å². The number of carbonyl (C=O) groups is 1. The Hall–Kier alpha value is -3.65. The molecule has 0 aromatic heterocycles. The summed E-state index contributed by atoms with van der Waals surface area (Å²) in [6.45, 7) is 6.69. The second-order valence-corrected chi connectivity index (χ2v) is 11.2. The zero-order valence-corrected chi connectivity index (χ0v) is 22.1. The van der Waals surface area contributed by atoms with E-state index in [-0.39, 0.29) is 17.3 Å². The van der Waals surface area contributed by atoms with Crippen LogP contribution in [-0.2, 0) is 20.4 Å².